The number of ether oxygens (including phenoxy) is 2. The van der Waals surface area contributed by atoms with E-state index in [1.165, 1.54) is 28.6 Å². The molecule has 0 bridgehead atoms. The topological polar surface area (TPSA) is 90.0 Å². The average Bonchev–Trinajstić information content (AvgIpc) is 3.00. The van der Waals surface area contributed by atoms with Crippen molar-refractivity contribution in [2.75, 3.05) is 19.7 Å². The summed E-state index contributed by atoms with van der Waals surface area (Å²) in [6.07, 6.45) is 2.23. The SMILES string of the molecule is O=C(O[C@H]1CCOC1=O)c1ccc(S(=O)(=O)N2CCCCC2)cc1. The van der Waals surface area contributed by atoms with Gasteiger partial charge in [0.15, 0.2) is 0 Å². The maximum absolute atomic E-state index is 12.5. The minimum absolute atomic E-state index is 0.154. The van der Waals surface area contributed by atoms with E-state index < -0.39 is 28.1 Å². The Morgan fingerprint density at radius 1 is 1.12 bits per heavy atom. The molecule has 0 aromatic heterocycles. The van der Waals surface area contributed by atoms with E-state index in [4.69, 9.17) is 9.47 Å². The molecule has 8 heteroatoms. The summed E-state index contributed by atoms with van der Waals surface area (Å²) in [5.41, 5.74) is 0.201. The molecule has 2 heterocycles. The van der Waals surface area contributed by atoms with Crippen LogP contribution in [0.1, 0.15) is 36.0 Å². The molecule has 24 heavy (non-hydrogen) atoms. The molecule has 1 aromatic carbocycles. The molecule has 0 spiro atoms. The summed E-state index contributed by atoms with van der Waals surface area (Å²) < 4.78 is 36.4. The minimum atomic E-state index is -3.53. The van der Waals surface area contributed by atoms with E-state index in [9.17, 15) is 18.0 Å². The normalized spacial score (nSPS) is 22.2. The Morgan fingerprint density at radius 2 is 1.79 bits per heavy atom. The summed E-state index contributed by atoms with van der Waals surface area (Å²) in [4.78, 5) is 23.5. The largest absolute Gasteiger partial charge is 0.463 e. The molecule has 2 fully saturated rings. The summed E-state index contributed by atoms with van der Waals surface area (Å²) >= 11 is 0. The molecule has 0 unspecified atom stereocenters. The molecule has 0 aliphatic carbocycles. The van der Waals surface area contributed by atoms with Crippen LogP contribution in [0.25, 0.3) is 0 Å². The van der Waals surface area contributed by atoms with Crippen molar-refractivity contribution in [1.29, 1.82) is 0 Å². The molecule has 1 atom stereocenters. The predicted molar refractivity (Wildman–Crippen MR) is 83.8 cm³/mol. The van der Waals surface area contributed by atoms with Gasteiger partial charge >= 0.3 is 11.9 Å². The van der Waals surface area contributed by atoms with Crippen LogP contribution in [0.4, 0.5) is 0 Å². The molecular weight excluding hydrogens is 334 g/mol. The molecular formula is C16H19NO6S. The number of hydrogen-bond acceptors (Lipinski definition) is 6. The highest BCUT2D eigenvalue weighted by Crippen LogP contribution is 2.21. The first-order valence-corrected chi connectivity index (χ1v) is 9.40. The van der Waals surface area contributed by atoms with Gasteiger partial charge in [-0.2, -0.15) is 4.31 Å². The quantitative estimate of drug-likeness (QED) is 0.759. The third-order valence-corrected chi connectivity index (χ3v) is 6.09. The number of esters is 2. The van der Waals surface area contributed by atoms with Gasteiger partial charge in [0.2, 0.25) is 16.1 Å². The highest BCUT2D eigenvalue weighted by atomic mass is 32.2. The molecule has 0 radical (unpaired) electrons. The van der Waals surface area contributed by atoms with E-state index in [0.717, 1.165) is 19.3 Å². The molecule has 2 aliphatic rings. The summed E-state index contributed by atoms with van der Waals surface area (Å²) in [5.74, 6) is -1.21. The van der Waals surface area contributed by atoms with Gasteiger partial charge in [-0.25, -0.2) is 18.0 Å². The molecule has 0 saturated carbocycles. The number of cyclic esters (lactones) is 1. The Kier molecular flexibility index (Phi) is 4.86. The monoisotopic (exact) mass is 353 g/mol. The standard InChI is InChI=1S/C16H19NO6S/c18-15(23-14-8-11-22-16(14)19)12-4-6-13(7-5-12)24(20,21)17-9-2-1-3-10-17/h4-7,14H,1-3,8-11H2/t14-/m0/s1. The van der Waals surface area contributed by atoms with E-state index in [2.05, 4.69) is 0 Å². The van der Waals surface area contributed by atoms with Gasteiger partial charge in [-0.05, 0) is 37.1 Å². The van der Waals surface area contributed by atoms with Gasteiger partial charge in [-0.3, -0.25) is 0 Å². The van der Waals surface area contributed by atoms with Gasteiger partial charge in [0.1, 0.15) is 0 Å². The number of carbonyl (C=O) groups excluding carboxylic acids is 2. The first-order valence-electron chi connectivity index (χ1n) is 7.96. The van der Waals surface area contributed by atoms with Gasteiger partial charge in [0.25, 0.3) is 0 Å². The van der Waals surface area contributed by atoms with Gasteiger partial charge in [0, 0.05) is 19.5 Å². The van der Waals surface area contributed by atoms with Gasteiger partial charge in [0.05, 0.1) is 17.1 Å². The Labute approximate surface area is 140 Å². The third-order valence-electron chi connectivity index (χ3n) is 4.18. The smallest absolute Gasteiger partial charge is 0.347 e. The van der Waals surface area contributed by atoms with Crippen LogP contribution in [-0.4, -0.2) is 50.5 Å². The van der Waals surface area contributed by atoms with Crippen molar-refractivity contribution < 1.29 is 27.5 Å². The van der Waals surface area contributed by atoms with Crippen molar-refractivity contribution >= 4 is 22.0 Å². The zero-order valence-electron chi connectivity index (χ0n) is 13.1. The fraction of sp³-hybridized carbons (Fsp3) is 0.500. The second-order valence-electron chi connectivity index (χ2n) is 5.84. The van der Waals surface area contributed by atoms with Crippen LogP contribution in [0.3, 0.4) is 0 Å². The van der Waals surface area contributed by atoms with Crippen molar-refractivity contribution in [1.82, 2.24) is 4.31 Å². The van der Waals surface area contributed by atoms with E-state index in [-0.39, 0.29) is 17.1 Å². The van der Waals surface area contributed by atoms with Crippen molar-refractivity contribution in [3.63, 3.8) is 0 Å². The van der Waals surface area contributed by atoms with Crippen LogP contribution in [-0.2, 0) is 24.3 Å². The lowest BCUT2D eigenvalue weighted by Crippen LogP contribution is -2.35. The Bertz CT molecular complexity index is 721. The van der Waals surface area contributed by atoms with Crippen molar-refractivity contribution in [2.45, 2.75) is 36.7 Å². The second kappa shape index (κ2) is 6.90. The van der Waals surface area contributed by atoms with Gasteiger partial charge in [-0.1, -0.05) is 6.42 Å². The lowest BCUT2D eigenvalue weighted by molar-refractivity contribution is -0.145. The second-order valence-corrected chi connectivity index (χ2v) is 7.78. The molecule has 3 rings (SSSR count). The van der Waals surface area contributed by atoms with E-state index in [0.29, 0.717) is 19.5 Å². The Morgan fingerprint density at radius 3 is 2.38 bits per heavy atom. The first-order chi connectivity index (χ1) is 11.5. The molecule has 7 nitrogen and oxygen atoms in total. The predicted octanol–water partition coefficient (Wildman–Crippen LogP) is 1.33. The first kappa shape index (κ1) is 16.9. The maximum atomic E-state index is 12.5. The molecule has 2 aliphatic heterocycles. The Balaban J connectivity index is 1.70. The number of hydrogen-bond donors (Lipinski definition) is 0. The highest BCUT2D eigenvalue weighted by molar-refractivity contribution is 7.89. The van der Waals surface area contributed by atoms with Crippen LogP contribution in [0, 0.1) is 0 Å². The van der Waals surface area contributed by atoms with Crippen molar-refractivity contribution in [3.8, 4) is 0 Å². The van der Waals surface area contributed by atoms with E-state index in [1.807, 2.05) is 0 Å². The fourth-order valence-corrected chi connectivity index (χ4v) is 4.32. The van der Waals surface area contributed by atoms with Crippen LogP contribution in [0.5, 0.6) is 0 Å². The molecule has 0 amide bonds. The van der Waals surface area contributed by atoms with E-state index >= 15 is 0 Å². The minimum Gasteiger partial charge on any atom is -0.463 e. The summed E-state index contributed by atoms with van der Waals surface area (Å²) in [6, 6.07) is 5.60. The van der Waals surface area contributed by atoms with Crippen molar-refractivity contribution in [3.05, 3.63) is 29.8 Å². The summed E-state index contributed by atoms with van der Waals surface area (Å²) in [6.45, 7) is 1.29. The summed E-state index contributed by atoms with van der Waals surface area (Å²) in [7, 11) is -3.53. The van der Waals surface area contributed by atoms with Crippen LogP contribution < -0.4 is 0 Å². The number of piperidine rings is 1. The number of carbonyl (C=O) groups is 2. The molecule has 1 aromatic rings. The lowest BCUT2D eigenvalue weighted by atomic mass is 10.2. The third kappa shape index (κ3) is 3.44. The zero-order chi connectivity index (χ0) is 17.2. The highest BCUT2D eigenvalue weighted by Gasteiger charge is 2.31. The number of benzene rings is 1. The van der Waals surface area contributed by atoms with E-state index in [1.54, 1.807) is 0 Å². The molecule has 130 valence electrons. The van der Waals surface area contributed by atoms with Crippen LogP contribution in [0.15, 0.2) is 29.2 Å². The van der Waals surface area contributed by atoms with Gasteiger partial charge in [-0.15, -0.1) is 0 Å². The number of nitrogens with zero attached hydrogens (tertiary/aromatic N) is 1. The zero-order valence-corrected chi connectivity index (χ0v) is 14.0. The van der Waals surface area contributed by atoms with Crippen LogP contribution in [0.2, 0.25) is 0 Å². The maximum Gasteiger partial charge on any atom is 0.347 e. The lowest BCUT2D eigenvalue weighted by Gasteiger charge is -2.25. The fourth-order valence-electron chi connectivity index (χ4n) is 2.80. The van der Waals surface area contributed by atoms with Gasteiger partial charge < -0.3 is 9.47 Å². The molecule has 2 saturated heterocycles. The summed E-state index contributed by atoms with van der Waals surface area (Å²) in [5, 5.41) is 0. The average molecular weight is 353 g/mol. The number of sulfonamides is 1. The number of rotatable bonds is 4. The van der Waals surface area contributed by atoms with Crippen LogP contribution >= 0.6 is 0 Å². The molecule has 0 N–H and O–H groups in total. The Hall–Kier alpha value is -1.93. The van der Waals surface area contributed by atoms with Crippen molar-refractivity contribution in [2.24, 2.45) is 0 Å².